The number of nitrogens with zero attached hydrogens (tertiary/aromatic N) is 2. The van der Waals surface area contributed by atoms with E-state index in [0.717, 1.165) is 36.4 Å². The van der Waals surface area contributed by atoms with Gasteiger partial charge in [-0.2, -0.15) is 0 Å². The van der Waals surface area contributed by atoms with Gasteiger partial charge >= 0.3 is 0 Å². The van der Waals surface area contributed by atoms with Crippen molar-refractivity contribution in [2.24, 2.45) is 17.6 Å². The highest BCUT2D eigenvalue weighted by Crippen LogP contribution is 2.28. The third-order valence-corrected chi connectivity index (χ3v) is 5.37. The number of aromatic nitrogens is 2. The molecule has 128 valence electrons. The van der Waals surface area contributed by atoms with E-state index in [1.54, 1.807) is 0 Å². The van der Waals surface area contributed by atoms with Crippen LogP contribution in [0.1, 0.15) is 36.2 Å². The molecule has 0 radical (unpaired) electrons. The largest absolute Gasteiger partial charge is 0.369 e. The summed E-state index contributed by atoms with van der Waals surface area (Å²) < 4.78 is 1.93. The van der Waals surface area contributed by atoms with E-state index in [9.17, 15) is 9.59 Å². The van der Waals surface area contributed by atoms with Gasteiger partial charge in [-0.15, -0.1) is 0 Å². The lowest BCUT2D eigenvalue weighted by molar-refractivity contribution is -0.122. The van der Waals surface area contributed by atoms with Crippen molar-refractivity contribution in [3.05, 3.63) is 30.1 Å². The van der Waals surface area contributed by atoms with Crippen molar-refractivity contribution < 1.29 is 9.59 Å². The number of hydrogen-bond donors (Lipinski definition) is 2. The number of thioether (sulfide) groups is 1. The topological polar surface area (TPSA) is 89.5 Å². The predicted molar refractivity (Wildman–Crippen MR) is 93.9 cm³/mol. The van der Waals surface area contributed by atoms with Gasteiger partial charge in [0.1, 0.15) is 0 Å². The highest BCUT2D eigenvalue weighted by Gasteiger charge is 2.25. The summed E-state index contributed by atoms with van der Waals surface area (Å²) in [5.41, 5.74) is 6.64. The Hall–Kier alpha value is -2.02. The number of nitrogens with one attached hydrogen (secondary N) is 1. The number of carbonyl (C=O) groups is 2. The van der Waals surface area contributed by atoms with Crippen molar-refractivity contribution in [1.82, 2.24) is 14.7 Å². The Balaban J connectivity index is 1.63. The third-order valence-electron chi connectivity index (χ3n) is 4.71. The van der Waals surface area contributed by atoms with Gasteiger partial charge in [0.15, 0.2) is 10.9 Å². The summed E-state index contributed by atoms with van der Waals surface area (Å²) in [7, 11) is 0. The Kier molecular flexibility index (Phi) is 5.08. The molecule has 3 N–H and O–H groups in total. The number of primary amides is 1. The molecular formula is C17H22N4O2S. The molecule has 0 spiro atoms. The molecule has 0 aromatic carbocycles. The number of amides is 2. The van der Waals surface area contributed by atoms with Gasteiger partial charge in [-0.3, -0.25) is 14.0 Å². The number of nitrogens with two attached hydrogens (primary N) is 1. The standard InChI is InChI=1S/C17H22N4O2S/c1-24-17-20-14(13-4-2-3-9-21(13)17)16(23)19-10-11-5-7-12(8-6-11)15(18)22/h2-4,9,11-12H,5-8,10H2,1H3,(H2,18,22)(H,19,23). The maximum atomic E-state index is 12.5. The van der Waals surface area contributed by atoms with E-state index in [-0.39, 0.29) is 17.7 Å². The first-order valence-electron chi connectivity index (χ1n) is 8.18. The summed E-state index contributed by atoms with van der Waals surface area (Å²) in [4.78, 5) is 28.2. The number of pyridine rings is 1. The first kappa shape index (κ1) is 16.8. The van der Waals surface area contributed by atoms with E-state index < -0.39 is 0 Å². The van der Waals surface area contributed by atoms with Gasteiger partial charge in [0, 0.05) is 18.7 Å². The number of rotatable bonds is 5. The molecular weight excluding hydrogens is 324 g/mol. The molecule has 2 aromatic rings. The molecule has 0 atom stereocenters. The van der Waals surface area contributed by atoms with Crippen LogP contribution in [-0.2, 0) is 4.79 Å². The van der Waals surface area contributed by atoms with Crippen LogP contribution in [0.2, 0.25) is 0 Å². The molecule has 6 nitrogen and oxygen atoms in total. The number of carbonyl (C=O) groups excluding carboxylic acids is 2. The average molecular weight is 346 g/mol. The monoisotopic (exact) mass is 346 g/mol. The van der Waals surface area contributed by atoms with E-state index in [2.05, 4.69) is 10.3 Å². The Bertz CT molecular complexity index is 750. The second-order valence-corrected chi connectivity index (χ2v) is 7.01. The maximum Gasteiger partial charge on any atom is 0.272 e. The van der Waals surface area contributed by atoms with Gasteiger partial charge in [-0.1, -0.05) is 17.8 Å². The number of imidazole rings is 1. The SMILES string of the molecule is CSc1nc(C(=O)NCC2CCC(C(N)=O)CC2)c2ccccn12. The molecule has 0 aliphatic heterocycles. The van der Waals surface area contributed by atoms with Crippen LogP contribution in [0.15, 0.2) is 29.6 Å². The fourth-order valence-corrected chi connectivity index (χ4v) is 3.83. The van der Waals surface area contributed by atoms with E-state index in [0.29, 0.717) is 18.2 Å². The molecule has 0 saturated heterocycles. The average Bonchev–Trinajstić information content (AvgIpc) is 2.99. The van der Waals surface area contributed by atoms with Gasteiger partial charge in [0.25, 0.3) is 5.91 Å². The fraction of sp³-hybridized carbons (Fsp3) is 0.471. The lowest BCUT2D eigenvalue weighted by Gasteiger charge is -2.26. The highest BCUT2D eigenvalue weighted by atomic mass is 32.2. The Morgan fingerprint density at radius 3 is 2.75 bits per heavy atom. The smallest absolute Gasteiger partial charge is 0.272 e. The number of fused-ring (bicyclic) bond motifs is 1. The Morgan fingerprint density at radius 2 is 2.08 bits per heavy atom. The van der Waals surface area contributed by atoms with Gasteiger partial charge in [-0.05, 0) is 50.0 Å². The van der Waals surface area contributed by atoms with Gasteiger partial charge in [-0.25, -0.2) is 4.98 Å². The second-order valence-electron chi connectivity index (χ2n) is 6.23. The van der Waals surface area contributed by atoms with Crippen molar-refractivity contribution in [1.29, 1.82) is 0 Å². The zero-order valence-corrected chi connectivity index (χ0v) is 14.5. The Morgan fingerprint density at radius 1 is 1.33 bits per heavy atom. The minimum atomic E-state index is -0.202. The van der Waals surface area contributed by atoms with Crippen LogP contribution in [0.4, 0.5) is 0 Å². The lowest BCUT2D eigenvalue weighted by Crippen LogP contribution is -2.34. The third kappa shape index (κ3) is 3.40. The van der Waals surface area contributed by atoms with Gasteiger partial charge in [0.2, 0.25) is 5.91 Å². The summed E-state index contributed by atoms with van der Waals surface area (Å²) in [6, 6.07) is 5.73. The van der Waals surface area contributed by atoms with Gasteiger partial charge in [0.05, 0.1) is 5.52 Å². The summed E-state index contributed by atoms with van der Waals surface area (Å²) in [6.07, 6.45) is 7.35. The maximum absolute atomic E-state index is 12.5. The normalized spacial score (nSPS) is 20.9. The molecule has 0 unspecified atom stereocenters. The molecule has 24 heavy (non-hydrogen) atoms. The molecule has 1 aliphatic rings. The Labute approximate surface area is 145 Å². The molecule has 2 amide bonds. The van der Waals surface area contributed by atoms with Crippen LogP contribution < -0.4 is 11.1 Å². The van der Waals surface area contributed by atoms with Crippen molar-refractivity contribution in [2.75, 3.05) is 12.8 Å². The molecule has 1 aliphatic carbocycles. The summed E-state index contributed by atoms with van der Waals surface area (Å²) >= 11 is 1.51. The van der Waals surface area contributed by atoms with Crippen LogP contribution >= 0.6 is 11.8 Å². The highest BCUT2D eigenvalue weighted by molar-refractivity contribution is 7.98. The van der Waals surface area contributed by atoms with E-state index in [4.69, 9.17) is 5.73 Å². The molecule has 7 heteroatoms. The van der Waals surface area contributed by atoms with Crippen molar-refractivity contribution >= 4 is 29.1 Å². The first-order chi connectivity index (χ1) is 11.6. The lowest BCUT2D eigenvalue weighted by atomic mass is 9.81. The molecule has 2 aromatic heterocycles. The van der Waals surface area contributed by atoms with Gasteiger partial charge < -0.3 is 11.1 Å². The van der Waals surface area contributed by atoms with Crippen LogP contribution in [0.25, 0.3) is 5.52 Å². The zero-order valence-electron chi connectivity index (χ0n) is 13.7. The molecule has 1 saturated carbocycles. The zero-order chi connectivity index (χ0) is 17.1. The van der Waals surface area contributed by atoms with Crippen molar-refractivity contribution in [3.63, 3.8) is 0 Å². The fourth-order valence-electron chi connectivity index (χ4n) is 3.29. The molecule has 3 rings (SSSR count). The quantitative estimate of drug-likeness (QED) is 0.811. The minimum absolute atomic E-state index is 0.00169. The summed E-state index contributed by atoms with van der Waals surface area (Å²) in [5.74, 6) is 0.0548. The van der Waals surface area contributed by atoms with Crippen LogP contribution in [0.3, 0.4) is 0 Å². The predicted octanol–water partition coefficient (Wildman–Crippen LogP) is 2.08. The molecule has 0 bridgehead atoms. The first-order valence-corrected chi connectivity index (χ1v) is 9.41. The van der Waals surface area contributed by atoms with Crippen molar-refractivity contribution in [2.45, 2.75) is 30.8 Å². The van der Waals surface area contributed by atoms with E-state index >= 15 is 0 Å². The van der Waals surface area contributed by atoms with E-state index in [1.807, 2.05) is 35.1 Å². The van der Waals surface area contributed by atoms with Crippen LogP contribution in [0, 0.1) is 11.8 Å². The van der Waals surface area contributed by atoms with Crippen LogP contribution in [-0.4, -0.2) is 34.0 Å². The minimum Gasteiger partial charge on any atom is -0.369 e. The second kappa shape index (κ2) is 7.25. The van der Waals surface area contributed by atoms with Crippen molar-refractivity contribution in [3.8, 4) is 0 Å². The van der Waals surface area contributed by atoms with E-state index in [1.165, 1.54) is 11.8 Å². The molecule has 1 fully saturated rings. The van der Waals surface area contributed by atoms with Crippen LogP contribution in [0.5, 0.6) is 0 Å². The number of hydrogen-bond acceptors (Lipinski definition) is 4. The molecule has 2 heterocycles. The summed E-state index contributed by atoms with van der Waals surface area (Å²) in [5, 5.41) is 3.81. The summed E-state index contributed by atoms with van der Waals surface area (Å²) in [6.45, 7) is 0.616.